The van der Waals surface area contributed by atoms with Crippen LogP contribution in [0.3, 0.4) is 0 Å². The maximum atomic E-state index is 12.9. The topological polar surface area (TPSA) is 29.5 Å². The molecule has 0 radical (unpaired) electrons. The van der Waals surface area contributed by atoms with E-state index in [1.165, 1.54) is 12.1 Å². The molecule has 0 aromatic heterocycles. The lowest BCUT2D eigenvalue weighted by Crippen LogP contribution is -1.96. The molecule has 0 saturated carbocycles. The Morgan fingerprint density at radius 1 is 1.50 bits per heavy atom. The van der Waals surface area contributed by atoms with Crippen LogP contribution >= 0.6 is 0 Å². The molecule has 1 aromatic rings. The van der Waals surface area contributed by atoms with Crippen LogP contribution in [0.4, 0.5) is 4.39 Å². The summed E-state index contributed by atoms with van der Waals surface area (Å²) < 4.78 is 18.0. The minimum atomic E-state index is -0.689. The number of halogens is 1. The van der Waals surface area contributed by atoms with Gasteiger partial charge < -0.3 is 9.84 Å². The average molecular weight is 170 g/mol. The zero-order valence-electron chi connectivity index (χ0n) is 6.88. The zero-order chi connectivity index (χ0) is 8.97. The van der Waals surface area contributed by atoms with Gasteiger partial charge in [-0.05, 0) is 18.6 Å². The first-order valence-corrected chi connectivity index (χ1v) is 3.86. The Labute approximate surface area is 70.6 Å². The molecule has 0 aliphatic rings. The summed E-state index contributed by atoms with van der Waals surface area (Å²) in [7, 11) is 0. The van der Waals surface area contributed by atoms with Crippen molar-refractivity contribution >= 4 is 0 Å². The van der Waals surface area contributed by atoms with Gasteiger partial charge in [0, 0.05) is 0 Å². The highest BCUT2D eigenvalue weighted by Crippen LogP contribution is 2.24. The van der Waals surface area contributed by atoms with Gasteiger partial charge in [0.15, 0.2) is 11.5 Å². The van der Waals surface area contributed by atoms with E-state index in [0.29, 0.717) is 6.61 Å². The molecule has 0 fully saturated rings. The lowest BCUT2D eigenvalue weighted by Gasteiger charge is -2.05. The van der Waals surface area contributed by atoms with Crippen molar-refractivity contribution in [3.63, 3.8) is 0 Å². The molecule has 1 aromatic carbocycles. The van der Waals surface area contributed by atoms with Gasteiger partial charge >= 0.3 is 0 Å². The van der Waals surface area contributed by atoms with E-state index in [-0.39, 0.29) is 11.5 Å². The van der Waals surface area contributed by atoms with Gasteiger partial charge in [-0.25, -0.2) is 0 Å². The van der Waals surface area contributed by atoms with Crippen LogP contribution < -0.4 is 4.74 Å². The van der Waals surface area contributed by atoms with E-state index >= 15 is 0 Å². The molecule has 1 N–H and O–H groups in total. The lowest BCUT2D eigenvalue weighted by atomic mass is 10.3. The Balaban J connectivity index is 2.78. The maximum Gasteiger partial charge on any atom is 0.206 e. The fourth-order valence-electron chi connectivity index (χ4n) is 0.823. The van der Waals surface area contributed by atoms with Gasteiger partial charge in [-0.15, -0.1) is 0 Å². The van der Waals surface area contributed by atoms with Gasteiger partial charge in [0.1, 0.15) is 0 Å². The Kier molecular flexibility index (Phi) is 2.91. The molecule has 0 heterocycles. The van der Waals surface area contributed by atoms with E-state index in [0.717, 1.165) is 6.42 Å². The van der Waals surface area contributed by atoms with Crippen molar-refractivity contribution in [2.24, 2.45) is 0 Å². The van der Waals surface area contributed by atoms with Gasteiger partial charge in [-0.3, -0.25) is 0 Å². The van der Waals surface area contributed by atoms with Crippen LogP contribution in [-0.4, -0.2) is 11.7 Å². The van der Waals surface area contributed by atoms with Gasteiger partial charge in [0.05, 0.1) is 6.61 Å². The van der Waals surface area contributed by atoms with Crippen LogP contribution in [0.15, 0.2) is 18.2 Å². The summed E-state index contributed by atoms with van der Waals surface area (Å²) in [5.41, 5.74) is 0. The number of ether oxygens (including phenoxy) is 1. The Bertz CT molecular complexity index is 261. The Morgan fingerprint density at radius 3 is 2.92 bits per heavy atom. The van der Waals surface area contributed by atoms with E-state index < -0.39 is 5.82 Å². The first-order valence-electron chi connectivity index (χ1n) is 3.86. The molecular formula is C9H11FO2. The molecule has 2 nitrogen and oxygen atoms in total. The van der Waals surface area contributed by atoms with Gasteiger partial charge in [-0.2, -0.15) is 4.39 Å². The molecular weight excluding hydrogens is 159 g/mol. The van der Waals surface area contributed by atoms with Gasteiger partial charge in [0.25, 0.3) is 0 Å². The number of rotatable bonds is 3. The molecule has 0 spiro atoms. The molecule has 0 unspecified atom stereocenters. The van der Waals surface area contributed by atoms with Crippen LogP contribution in [-0.2, 0) is 0 Å². The summed E-state index contributed by atoms with van der Waals surface area (Å²) in [5.74, 6) is -0.952. The Hall–Kier alpha value is -1.25. The third kappa shape index (κ3) is 1.87. The number of hydrogen-bond acceptors (Lipinski definition) is 2. The average Bonchev–Trinajstić information content (AvgIpc) is 2.08. The zero-order valence-corrected chi connectivity index (χ0v) is 6.88. The third-order valence-corrected chi connectivity index (χ3v) is 1.40. The highest BCUT2D eigenvalue weighted by molar-refractivity contribution is 5.34. The largest absolute Gasteiger partial charge is 0.505 e. The second-order valence-corrected chi connectivity index (χ2v) is 2.44. The highest BCUT2D eigenvalue weighted by atomic mass is 19.1. The molecule has 3 heteroatoms. The predicted octanol–water partition coefficient (Wildman–Crippen LogP) is 2.32. The van der Waals surface area contributed by atoms with Crippen molar-refractivity contribution < 1.29 is 14.2 Å². The molecule has 0 aliphatic heterocycles. The SMILES string of the molecule is CCCOc1cccc(O)c1F. The van der Waals surface area contributed by atoms with E-state index in [9.17, 15) is 4.39 Å². The van der Waals surface area contributed by atoms with Crippen molar-refractivity contribution in [3.05, 3.63) is 24.0 Å². The quantitative estimate of drug-likeness (QED) is 0.754. The van der Waals surface area contributed by atoms with E-state index in [4.69, 9.17) is 9.84 Å². The first kappa shape index (κ1) is 8.84. The normalized spacial score (nSPS) is 9.83. The molecule has 0 amide bonds. The molecule has 1 rings (SSSR count). The molecule has 0 saturated heterocycles. The number of hydrogen-bond donors (Lipinski definition) is 1. The van der Waals surface area contributed by atoms with E-state index in [1.54, 1.807) is 6.07 Å². The summed E-state index contributed by atoms with van der Waals surface area (Å²) in [6.45, 7) is 2.39. The Morgan fingerprint density at radius 2 is 2.25 bits per heavy atom. The molecule has 12 heavy (non-hydrogen) atoms. The monoisotopic (exact) mass is 170 g/mol. The smallest absolute Gasteiger partial charge is 0.206 e. The summed E-state index contributed by atoms with van der Waals surface area (Å²) in [5, 5.41) is 8.94. The molecule has 66 valence electrons. The number of aromatic hydroxyl groups is 1. The van der Waals surface area contributed by atoms with Crippen molar-refractivity contribution in [1.29, 1.82) is 0 Å². The minimum Gasteiger partial charge on any atom is -0.505 e. The molecule has 0 atom stereocenters. The molecule has 0 aliphatic carbocycles. The minimum absolute atomic E-state index is 0.108. The van der Waals surface area contributed by atoms with Crippen LogP contribution in [0.25, 0.3) is 0 Å². The van der Waals surface area contributed by atoms with Crippen LogP contribution in [0, 0.1) is 5.82 Å². The van der Waals surface area contributed by atoms with E-state index in [1.807, 2.05) is 6.92 Å². The summed E-state index contributed by atoms with van der Waals surface area (Å²) in [4.78, 5) is 0. The lowest BCUT2D eigenvalue weighted by molar-refractivity contribution is 0.294. The van der Waals surface area contributed by atoms with Crippen LogP contribution in [0.1, 0.15) is 13.3 Å². The number of phenols is 1. The van der Waals surface area contributed by atoms with Gasteiger partial charge in [-0.1, -0.05) is 13.0 Å². The summed E-state index contributed by atoms with van der Waals surface area (Å²) in [6.07, 6.45) is 0.815. The third-order valence-electron chi connectivity index (χ3n) is 1.40. The standard InChI is InChI=1S/C9H11FO2/c1-2-6-12-8-5-3-4-7(11)9(8)10/h3-5,11H,2,6H2,1H3. The van der Waals surface area contributed by atoms with Crippen molar-refractivity contribution in [2.45, 2.75) is 13.3 Å². The molecule has 0 bridgehead atoms. The van der Waals surface area contributed by atoms with Gasteiger partial charge in [0.2, 0.25) is 5.82 Å². The van der Waals surface area contributed by atoms with Crippen molar-refractivity contribution in [3.8, 4) is 11.5 Å². The fourth-order valence-corrected chi connectivity index (χ4v) is 0.823. The van der Waals surface area contributed by atoms with Crippen molar-refractivity contribution in [1.82, 2.24) is 0 Å². The summed E-state index contributed by atoms with van der Waals surface area (Å²) >= 11 is 0. The van der Waals surface area contributed by atoms with Crippen LogP contribution in [0.2, 0.25) is 0 Å². The highest BCUT2D eigenvalue weighted by Gasteiger charge is 2.06. The second-order valence-electron chi connectivity index (χ2n) is 2.44. The number of benzene rings is 1. The maximum absolute atomic E-state index is 12.9. The van der Waals surface area contributed by atoms with E-state index in [2.05, 4.69) is 0 Å². The number of phenolic OH excluding ortho intramolecular Hbond substituents is 1. The predicted molar refractivity (Wildman–Crippen MR) is 43.9 cm³/mol. The van der Waals surface area contributed by atoms with Crippen LogP contribution in [0.5, 0.6) is 11.5 Å². The fraction of sp³-hybridized carbons (Fsp3) is 0.333. The summed E-state index contributed by atoms with van der Waals surface area (Å²) in [6, 6.07) is 4.32. The second kappa shape index (κ2) is 3.95. The van der Waals surface area contributed by atoms with Crippen molar-refractivity contribution in [2.75, 3.05) is 6.61 Å². The first-order chi connectivity index (χ1) is 5.75.